The molecule has 0 aliphatic rings. The van der Waals surface area contributed by atoms with Crippen molar-refractivity contribution in [2.45, 2.75) is 13.3 Å². The standard InChI is InChI=1S/C14H14ClN/c1-10-4-2-6-12(14(10)16)8-11-5-3-7-13(15)9-11/h2-7,9H,8,16H2,1H3. The Hall–Kier alpha value is -1.47. The maximum Gasteiger partial charge on any atom is 0.0408 e. The Labute approximate surface area is 101 Å². The normalized spacial score (nSPS) is 10.4. The molecule has 0 saturated heterocycles. The summed E-state index contributed by atoms with van der Waals surface area (Å²) in [5, 5.41) is 0.767. The number of hydrogen-bond donors (Lipinski definition) is 1. The first-order chi connectivity index (χ1) is 7.66. The van der Waals surface area contributed by atoms with Crippen molar-refractivity contribution in [2.24, 2.45) is 0 Å². The van der Waals surface area contributed by atoms with Crippen LogP contribution in [-0.4, -0.2) is 0 Å². The Balaban J connectivity index is 2.31. The van der Waals surface area contributed by atoms with Crippen molar-refractivity contribution in [3.05, 3.63) is 64.2 Å². The molecular weight excluding hydrogens is 218 g/mol. The minimum Gasteiger partial charge on any atom is -0.398 e. The van der Waals surface area contributed by atoms with Crippen LogP contribution in [0.2, 0.25) is 5.02 Å². The number of nitrogens with two attached hydrogens (primary N) is 1. The minimum absolute atomic E-state index is 0.767. The first-order valence-electron chi connectivity index (χ1n) is 5.25. The summed E-state index contributed by atoms with van der Waals surface area (Å²) in [6.45, 7) is 2.02. The molecule has 0 aromatic heterocycles. The first kappa shape index (κ1) is 11.0. The van der Waals surface area contributed by atoms with Crippen LogP contribution in [0.15, 0.2) is 42.5 Å². The summed E-state index contributed by atoms with van der Waals surface area (Å²) in [5.41, 5.74) is 10.4. The van der Waals surface area contributed by atoms with Gasteiger partial charge in [0.2, 0.25) is 0 Å². The highest BCUT2D eigenvalue weighted by atomic mass is 35.5. The number of halogens is 1. The van der Waals surface area contributed by atoms with Crippen molar-refractivity contribution in [3.8, 4) is 0 Å². The van der Waals surface area contributed by atoms with Crippen LogP contribution < -0.4 is 5.73 Å². The number of aryl methyl sites for hydroxylation is 1. The Kier molecular flexibility index (Phi) is 3.16. The van der Waals surface area contributed by atoms with E-state index in [9.17, 15) is 0 Å². The molecular formula is C14H14ClN. The van der Waals surface area contributed by atoms with E-state index in [1.807, 2.05) is 37.3 Å². The molecule has 0 bridgehead atoms. The molecule has 0 saturated carbocycles. The number of nitrogen functional groups attached to an aromatic ring is 1. The fraction of sp³-hybridized carbons (Fsp3) is 0.143. The van der Waals surface area contributed by atoms with Crippen molar-refractivity contribution < 1.29 is 0 Å². The van der Waals surface area contributed by atoms with Gasteiger partial charge in [0.25, 0.3) is 0 Å². The molecule has 0 heterocycles. The lowest BCUT2D eigenvalue weighted by molar-refractivity contribution is 1.19. The quantitative estimate of drug-likeness (QED) is 0.782. The second kappa shape index (κ2) is 4.58. The number of hydrogen-bond acceptors (Lipinski definition) is 1. The lowest BCUT2D eigenvalue weighted by atomic mass is 10.0. The fourth-order valence-electron chi connectivity index (χ4n) is 1.76. The Morgan fingerprint density at radius 1 is 1.12 bits per heavy atom. The maximum atomic E-state index is 6.04. The third kappa shape index (κ3) is 2.37. The van der Waals surface area contributed by atoms with Crippen LogP contribution in [0.3, 0.4) is 0 Å². The molecule has 1 nitrogen and oxygen atoms in total. The van der Waals surface area contributed by atoms with Gasteiger partial charge in [-0.1, -0.05) is 41.9 Å². The molecule has 0 aliphatic carbocycles. The highest BCUT2D eigenvalue weighted by Crippen LogP contribution is 2.21. The van der Waals surface area contributed by atoms with E-state index in [0.717, 1.165) is 28.3 Å². The predicted molar refractivity (Wildman–Crippen MR) is 69.8 cm³/mol. The highest BCUT2D eigenvalue weighted by Gasteiger charge is 2.03. The maximum absolute atomic E-state index is 6.04. The SMILES string of the molecule is Cc1cccc(Cc2cccc(Cl)c2)c1N. The van der Waals surface area contributed by atoms with Crippen LogP contribution in [-0.2, 0) is 6.42 Å². The molecule has 0 spiro atoms. The van der Waals surface area contributed by atoms with Gasteiger partial charge in [0.1, 0.15) is 0 Å². The molecule has 0 fully saturated rings. The largest absolute Gasteiger partial charge is 0.398 e. The van der Waals surface area contributed by atoms with Gasteiger partial charge in [-0.3, -0.25) is 0 Å². The zero-order valence-corrected chi connectivity index (χ0v) is 9.96. The number of anilines is 1. The smallest absolute Gasteiger partial charge is 0.0408 e. The molecule has 2 heteroatoms. The van der Waals surface area contributed by atoms with Crippen molar-refractivity contribution in [1.29, 1.82) is 0 Å². The monoisotopic (exact) mass is 231 g/mol. The molecule has 82 valence electrons. The predicted octanol–water partition coefficient (Wildman–Crippen LogP) is 3.82. The highest BCUT2D eigenvalue weighted by molar-refractivity contribution is 6.30. The molecule has 0 radical (unpaired) electrons. The summed E-state index contributed by atoms with van der Waals surface area (Å²) in [4.78, 5) is 0. The van der Waals surface area contributed by atoms with Gasteiger partial charge in [-0.25, -0.2) is 0 Å². The zero-order valence-electron chi connectivity index (χ0n) is 9.20. The van der Waals surface area contributed by atoms with Crippen molar-refractivity contribution >= 4 is 17.3 Å². The zero-order chi connectivity index (χ0) is 11.5. The van der Waals surface area contributed by atoms with E-state index in [2.05, 4.69) is 12.1 Å². The second-order valence-corrected chi connectivity index (χ2v) is 4.39. The van der Waals surface area contributed by atoms with E-state index in [0.29, 0.717) is 0 Å². The van der Waals surface area contributed by atoms with Crippen LogP contribution >= 0.6 is 11.6 Å². The molecule has 0 unspecified atom stereocenters. The van der Waals surface area contributed by atoms with Gasteiger partial charge in [0.15, 0.2) is 0 Å². The van der Waals surface area contributed by atoms with Crippen LogP contribution in [0, 0.1) is 6.92 Å². The van der Waals surface area contributed by atoms with E-state index in [4.69, 9.17) is 17.3 Å². The third-order valence-electron chi connectivity index (χ3n) is 2.70. The minimum atomic E-state index is 0.767. The number of benzene rings is 2. The lowest BCUT2D eigenvalue weighted by Crippen LogP contribution is -1.98. The van der Waals surface area contributed by atoms with Crippen LogP contribution in [0.25, 0.3) is 0 Å². The van der Waals surface area contributed by atoms with Crippen LogP contribution in [0.4, 0.5) is 5.69 Å². The Morgan fingerprint density at radius 2 is 1.88 bits per heavy atom. The average Bonchev–Trinajstić information content (AvgIpc) is 2.25. The summed E-state index contributed by atoms with van der Waals surface area (Å²) < 4.78 is 0. The number of rotatable bonds is 2. The van der Waals surface area contributed by atoms with Gasteiger partial charge in [-0.2, -0.15) is 0 Å². The van der Waals surface area contributed by atoms with Gasteiger partial charge in [-0.15, -0.1) is 0 Å². The van der Waals surface area contributed by atoms with Crippen molar-refractivity contribution in [2.75, 3.05) is 5.73 Å². The molecule has 0 amide bonds. The van der Waals surface area contributed by atoms with Crippen LogP contribution in [0.1, 0.15) is 16.7 Å². The van der Waals surface area contributed by atoms with Gasteiger partial charge in [-0.05, 0) is 42.2 Å². The molecule has 2 aromatic carbocycles. The Bertz CT molecular complexity index is 506. The summed E-state index contributed by atoms with van der Waals surface area (Å²) in [6.07, 6.45) is 0.827. The van der Waals surface area contributed by atoms with Crippen molar-refractivity contribution in [3.63, 3.8) is 0 Å². The summed E-state index contributed by atoms with van der Waals surface area (Å²) >= 11 is 5.95. The van der Waals surface area contributed by atoms with Gasteiger partial charge in [0, 0.05) is 10.7 Å². The third-order valence-corrected chi connectivity index (χ3v) is 2.93. The van der Waals surface area contributed by atoms with E-state index in [1.54, 1.807) is 0 Å². The molecule has 0 aliphatic heterocycles. The first-order valence-corrected chi connectivity index (χ1v) is 5.63. The Morgan fingerprint density at radius 3 is 2.62 bits per heavy atom. The van der Waals surface area contributed by atoms with Crippen LogP contribution in [0.5, 0.6) is 0 Å². The topological polar surface area (TPSA) is 26.0 Å². The van der Waals surface area contributed by atoms with E-state index in [1.165, 1.54) is 5.56 Å². The average molecular weight is 232 g/mol. The molecule has 2 aromatic rings. The molecule has 2 N–H and O–H groups in total. The molecule has 2 rings (SSSR count). The van der Waals surface area contributed by atoms with Crippen molar-refractivity contribution in [1.82, 2.24) is 0 Å². The summed E-state index contributed by atoms with van der Waals surface area (Å²) in [7, 11) is 0. The fourth-order valence-corrected chi connectivity index (χ4v) is 1.98. The summed E-state index contributed by atoms with van der Waals surface area (Å²) in [5.74, 6) is 0. The summed E-state index contributed by atoms with van der Waals surface area (Å²) in [6, 6.07) is 14.0. The second-order valence-electron chi connectivity index (χ2n) is 3.95. The molecule has 16 heavy (non-hydrogen) atoms. The van der Waals surface area contributed by atoms with E-state index < -0.39 is 0 Å². The van der Waals surface area contributed by atoms with E-state index >= 15 is 0 Å². The lowest BCUT2D eigenvalue weighted by Gasteiger charge is -2.08. The van der Waals surface area contributed by atoms with Gasteiger partial charge in [0.05, 0.1) is 0 Å². The van der Waals surface area contributed by atoms with E-state index in [-0.39, 0.29) is 0 Å². The molecule has 0 atom stereocenters. The number of para-hydroxylation sites is 1. The van der Waals surface area contributed by atoms with Gasteiger partial charge < -0.3 is 5.73 Å². The van der Waals surface area contributed by atoms with Gasteiger partial charge >= 0.3 is 0 Å².